The van der Waals surface area contributed by atoms with Crippen LogP contribution in [-0.4, -0.2) is 42.7 Å². The highest BCUT2D eigenvalue weighted by Crippen LogP contribution is 2.23. The van der Waals surface area contributed by atoms with E-state index in [9.17, 15) is 23.3 Å². The zero-order chi connectivity index (χ0) is 18.6. The first kappa shape index (κ1) is 19.3. The Hall–Kier alpha value is -2.00. The standard InChI is InChI=1S/C16H23N3O5S/c1-12(2)11-16(20)17-13-7-9-18(10-8-13)25(23,24)15-5-3-14(4-6-15)19(21)22/h3-6,12-13H,7-11H2,1-2H3,(H,17,20). The van der Waals surface area contributed by atoms with Crippen LogP contribution in [0, 0.1) is 16.0 Å². The lowest BCUT2D eigenvalue weighted by atomic mass is 10.1. The molecule has 0 aliphatic carbocycles. The highest BCUT2D eigenvalue weighted by Gasteiger charge is 2.30. The second-order valence-corrected chi connectivity index (χ2v) is 8.53. The number of non-ortho nitro benzene ring substituents is 1. The van der Waals surface area contributed by atoms with Crippen molar-refractivity contribution >= 4 is 21.6 Å². The summed E-state index contributed by atoms with van der Waals surface area (Å²) < 4.78 is 26.6. The third-order valence-electron chi connectivity index (χ3n) is 4.10. The lowest BCUT2D eigenvalue weighted by Crippen LogP contribution is -2.46. The number of nitro benzene ring substituents is 1. The second kappa shape index (κ2) is 7.92. The van der Waals surface area contributed by atoms with Crippen molar-refractivity contribution in [2.75, 3.05) is 13.1 Å². The molecule has 2 rings (SSSR count). The van der Waals surface area contributed by atoms with E-state index in [0.29, 0.717) is 32.4 Å². The average molecular weight is 369 g/mol. The van der Waals surface area contributed by atoms with Crippen molar-refractivity contribution < 1.29 is 18.1 Å². The molecule has 25 heavy (non-hydrogen) atoms. The highest BCUT2D eigenvalue weighted by molar-refractivity contribution is 7.89. The smallest absolute Gasteiger partial charge is 0.269 e. The van der Waals surface area contributed by atoms with E-state index in [2.05, 4.69) is 5.32 Å². The van der Waals surface area contributed by atoms with Crippen LogP contribution in [0.3, 0.4) is 0 Å². The van der Waals surface area contributed by atoms with Gasteiger partial charge in [-0.15, -0.1) is 0 Å². The molecule has 1 aromatic rings. The van der Waals surface area contributed by atoms with Crippen molar-refractivity contribution in [1.29, 1.82) is 0 Å². The van der Waals surface area contributed by atoms with Gasteiger partial charge >= 0.3 is 0 Å². The van der Waals surface area contributed by atoms with Crippen LogP contribution in [0.25, 0.3) is 0 Å². The van der Waals surface area contributed by atoms with Crippen LogP contribution < -0.4 is 5.32 Å². The number of amides is 1. The van der Waals surface area contributed by atoms with Gasteiger partial charge < -0.3 is 5.32 Å². The lowest BCUT2D eigenvalue weighted by molar-refractivity contribution is -0.384. The van der Waals surface area contributed by atoms with Crippen LogP contribution >= 0.6 is 0 Å². The van der Waals surface area contributed by atoms with Gasteiger partial charge in [0.2, 0.25) is 15.9 Å². The molecule has 1 fully saturated rings. The molecule has 1 aliphatic heterocycles. The number of carbonyl (C=O) groups is 1. The maximum atomic E-state index is 12.6. The normalized spacial score (nSPS) is 16.8. The molecule has 9 heteroatoms. The van der Waals surface area contributed by atoms with E-state index in [-0.39, 0.29) is 28.4 Å². The van der Waals surface area contributed by atoms with Crippen LogP contribution in [0.5, 0.6) is 0 Å². The molecule has 0 bridgehead atoms. The fourth-order valence-electron chi connectivity index (χ4n) is 2.79. The minimum absolute atomic E-state index is 0.00771. The van der Waals surface area contributed by atoms with Gasteiger partial charge in [0.1, 0.15) is 0 Å². The van der Waals surface area contributed by atoms with E-state index in [0.717, 1.165) is 0 Å². The van der Waals surface area contributed by atoms with E-state index < -0.39 is 14.9 Å². The Bertz CT molecular complexity index is 723. The van der Waals surface area contributed by atoms with E-state index in [1.807, 2.05) is 13.8 Å². The summed E-state index contributed by atoms with van der Waals surface area (Å²) in [5.74, 6) is 0.272. The molecule has 1 amide bonds. The van der Waals surface area contributed by atoms with Gasteiger partial charge in [-0.2, -0.15) is 4.31 Å². The van der Waals surface area contributed by atoms with Gasteiger partial charge in [0.25, 0.3) is 5.69 Å². The fourth-order valence-corrected chi connectivity index (χ4v) is 4.26. The Kier molecular flexibility index (Phi) is 6.12. The van der Waals surface area contributed by atoms with E-state index in [1.54, 1.807) is 0 Å². The van der Waals surface area contributed by atoms with Crippen LogP contribution in [0.4, 0.5) is 5.69 Å². The third kappa shape index (κ3) is 4.99. The number of hydrogen-bond acceptors (Lipinski definition) is 5. The van der Waals surface area contributed by atoms with E-state index in [4.69, 9.17) is 0 Å². The number of benzene rings is 1. The van der Waals surface area contributed by atoms with Gasteiger partial charge in [-0.1, -0.05) is 13.8 Å². The van der Waals surface area contributed by atoms with Gasteiger partial charge in [-0.3, -0.25) is 14.9 Å². The first-order valence-electron chi connectivity index (χ1n) is 8.24. The molecule has 8 nitrogen and oxygen atoms in total. The molecule has 1 aliphatic rings. The van der Waals surface area contributed by atoms with E-state index in [1.165, 1.54) is 28.6 Å². The van der Waals surface area contributed by atoms with Crippen molar-refractivity contribution in [2.24, 2.45) is 5.92 Å². The summed E-state index contributed by atoms with van der Waals surface area (Å²) in [5.41, 5.74) is -0.148. The molecule has 1 N–H and O–H groups in total. The van der Waals surface area contributed by atoms with Crippen molar-refractivity contribution in [3.63, 3.8) is 0 Å². The number of hydrogen-bond donors (Lipinski definition) is 1. The van der Waals surface area contributed by atoms with Gasteiger partial charge in [0.15, 0.2) is 0 Å². The minimum Gasteiger partial charge on any atom is -0.353 e. The van der Waals surface area contributed by atoms with Crippen LogP contribution in [0.15, 0.2) is 29.2 Å². The Labute approximate surface area is 147 Å². The summed E-state index contributed by atoms with van der Waals surface area (Å²) in [4.78, 5) is 22.0. The second-order valence-electron chi connectivity index (χ2n) is 6.59. The summed E-state index contributed by atoms with van der Waals surface area (Å²) in [6.07, 6.45) is 1.56. The maximum Gasteiger partial charge on any atom is 0.269 e. The number of rotatable bonds is 6. The Morgan fingerprint density at radius 3 is 2.32 bits per heavy atom. The molecule has 1 saturated heterocycles. The van der Waals surface area contributed by atoms with Crippen LogP contribution in [-0.2, 0) is 14.8 Å². The van der Waals surface area contributed by atoms with Crippen molar-refractivity contribution in [1.82, 2.24) is 9.62 Å². The molecule has 0 aromatic heterocycles. The molecule has 0 unspecified atom stereocenters. The summed E-state index contributed by atoms with van der Waals surface area (Å²) in [6.45, 7) is 4.57. The molecule has 1 aromatic carbocycles. The number of sulfonamides is 1. The minimum atomic E-state index is -3.68. The molecule has 0 spiro atoms. The predicted molar refractivity (Wildman–Crippen MR) is 92.5 cm³/mol. The number of nitrogens with one attached hydrogen (secondary N) is 1. The SMILES string of the molecule is CC(C)CC(=O)NC1CCN(S(=O)(=O)c2ccc([N+](=O)[O-])cc2)CC1. The number of carbonyl (C=O) groups excluding carboxylic acids is 1. The molecule has 0 radical (unpaired) electrons. The molecule has 0 atom stereocenters. The lowest BCUT2D eigenvalue weighted by Gasteiger charge is -2.31. The number of nitrogens with zero attached hydrogens (tertiary/aromatic N) is 2. The average Bonchev–Trinajstić information content (AvgIpc) is 2.54. The first-order chi connectivity index (χ1) is 11.7. The summed E-state index contributed by atoms with van der Waals surface area (Å²) in [6, 6.07) is 4.86. The molecular formula is C16H23N3O5S. The Morgan fingerprint density at radius 2 is 1.84 bits per heavy atom. The fraction of sp³-hybridized carbons (Fsp3) is 0.562. The van der Waals surface area contributed by atoms with E-state index >= 15 is 0 Å². The summed E-state index contributed by atoms with van der Waals surface area (Å²) in [5, 5.41) is 13.6. The Morgan fingerprint density at radius 1 is 1.28 bits per heavy atom. The van der Waals surface area contributed by atoms with Crippen molar-refractivity contribution in [3.05, 3.63) is 34.4 Å². The maximum absolute atomic E-state index is 12.6. The predicted octanol–water partition coefficient (Wildman–Crippen LogP) is 1.91. The molecule has 1 heterocycles. The highest BCUT2D eigenvalue weighted by atomic mass is 32.2. The number of nitro groups is 1. The monoisotopic (exact) mass is 369 g/mol. The first-order valence-corrected chi connectivity index (χ1v) is 9.68. The van der Waals surface area contributed by atoms with Crippen LogP contribution in [0.2, 0.25) is 0 Å². The zero-order valence-corrected chi connectivity index (χ0v) is 15.2. The van der Waals surface area contributed by atoms with Crippen molar-refractivity contribution in [3.8, 4) is 0 Å². The van der Waals surface area contributed by atoms with Gasteiger partial charge in [0.05, 0.1) is 9.82 Å². The summed E-state index contributed by atoms with van der Waals surface area (Å²) >= 11 is 0. The number of piperidine rings is 1. The quantitative estimate of drug-likeness (QED) is 0.608. The Balaban J connectivity index is 1.97. The molecular weight excluding hydrogens is 346 g/mol. The largest absolute Gasteiger partial charge is 0.353 e. The van der Waals surface area contributed by atoms with Crippen LogP contribution in [0.1, 0.15) is 33.1 Å². The van der Waals surface area contributed by atoms with Gasteiger partial charge in [-0.05, 0) is 30.9 Å². The molecule has 138 valence electrons. The zero-order valence-electron chi connectivity index (χ0n) is 14.3. The van der Waals surface area contributed by atoms with Crippen molar-refractivity contribution in [2.45, 2.75) is 44.0 Å². The van der Waals surface area contributed by atoms with Gasteiger partial charge in [-0.25, -0.2) is 8.42 Å². The topological polar surface area (TPSA) is 110 Å². The summed E-state index contributed by atoms with van der Waals surface area (Å²) in [7, 11) is -3.68. The molecule has 0 saturated carbocycles. The third-order valence-corrected chi connectivity index (χ3v) is 6.01. The van der Waals surface area contributed by atoms with Gasteiger partial charge in [0, 0.05) is 37.7 Å².